The van der Waals surface area contributed by atoms with E-state index in [-0.39, 0.29) is 22.1 Å². The number of carbonyl (C=O) groups excluding carboxylic acids is 1. The standard InChI is InChI=1S/C21H23N5O7S2/c1-4-23(5-2)8-9-24(20(27)14-10-15(25(28)29)12-16(11-14)26(30)31)21-22-18-7-6-17(35(3,32)33)13-19(18)34-21/h6-7,10-13H,4-5,8-9H2,1-3H3. The largest absolute Gasteiger partial charge is 0.302 e. The van der Waals surface area contributed by atoms with Gasteiger partial charge < -0.3 is 4.90 Å². The number of likely N-dealkylation sites (N-methyl/N-ethyl adjacent to an activating group) is 1. The molecule has 3 rings (SSSR count). The Balaban J connectivity index is 2.10. The number of rotatable bonds is 10. The second-order valence-corrected chi connectivity index (χ2v) is 10.7. The average molecular weight is 522 g/mol. The van der Waals surface area contributed by atoms with Gasteiger partial charge in [0, 0.05) is 31.5 Å². The smallest absolute Gasteiger partial charge is 0.277 e. The van der Waals surface area contributed by atoms with Crippen molar-refractivity contribution in [1.82, 2.24) is 9.88 Å². The third-order valence-electron chi connectivity index (χ3n) is 5.36. The number of benzene rings is 2. The summed E-state index contributed by atoms with van der Waals surface area (Å²) in [4.78, 5) is 42.5. The molecule has 0 atom stereocenters. The van der Waals surface area contributed by atoms with Gasteiger partial charge in [-0.1, -0.05) is 25.2 Å². The van der Waals surface area contributed by atoms with Crippen molar-refractivity contribution in [2.75, 3.05) is 37.3 Å². The molecule has 1 amide bonds. The van der Waals surface area contributed by atoms with Gasteiger partial charge in [-0.25, -0.2) is 13.4 Å². The van der Waals surface area contributed by atoms with Crippen LogP contribution in [0, 0.1) is 20.2 Å². The zero-order chi connectivity index (χ0) is 25.9. The number of aromatic nitrogens is 1. The van der Waals surface area contributed by atoms with Gasteiger partial charge in [-0.3, -0.25) is 29.9 Å². The van der Waals surface area contributed by atoms with Crippen molar-refractivity contribution in [3.8, 4) is 0 Å². The lowest BCUT2D eigenvalue weighted by molar-refractivity contribution is -0.394. The number of nitro benzene ring substituents is 2. The molecule has 1 heterocycles. The first-order valence-electron chi connectivity index (χ1n) is 10.5. The topological polar surface area (TPSA) is 157 Å². The van der Waals surface area contributed by atoms with Crippen LogP contribution < -0.4 is 4.90 Å². The van der Waals surface area contributed by atoms with E-state index in [4.69, 9.17) is 0 Å². The Labute approximate surface area is 205 Å². The van der Waals surface area contributed by atoms with Crippen molar-refractivity contribution in [2.45, 2.75) is 18.7 Å². The number of amides is 1. The number of fused-ring (bicyclic) bond motifs is 1. The van der Waals surface area contributed by atoms with Gasteiger partial charge in [0.2, 0.25) is 0 Å². The van der Waals surface area contributed by atoms with Gasteiger partial charge >= 0.3 is 0 Å². The van der Waals surface area contributed by atoms with E-state index >= 15 is 0 Å². The zero-order valence-electron chi connectivity index (χ0n) is 19.2. The lowest BCUT2D eigenvalue weighted by Crippen LogP contribution is -2.38. The molecule has 0 unspecified atom stereocenters. The SMILES string of the molecule is CCN(CC)CCN(C(=O)c1cc([N+](=O)[O-])cc([N+](=O)[O-])c1)c1nc2ccc(S(C)(=O)=O)cc2s1. The highest BCUT2D eigenvalue weighted by Gasteiger charge is 2.26. The molecular weight excluding hydrogens is 498 g/mol. The summed E-state index contributed by atoms with van der Waals surface area (Å²) in [6.07, 6.45) is 1.09. The maximum atomic E-state index is 13.5. The zero-order valence-corrected chi connectivity index (χ0v) is 20.8. The van der Waals surface area contributed by atoms with E-state index in [9.17, 15) is 33.4 Å². The summed E-state index contributed by atoms with van der Waals surface area (Å²) in [6.45, 7) is 5.99. The summed E-state index contributed by atoms with van der Waals surface area (Å²) in [5, 5.41) is 22.9. The highest BCUT2D eigenvalue weighted by atomic mass is 32.2. The van der Waals surface area contributed by atoms with Gasteiger partial charge in [0.05, 0.1) is 36.6 Å². The van der Waals surface area contributed by atoms with Gasteiger partial charge in [-0.05, 0) is 31.3 Å². The molecule has 0 bridgehead atoms. The first-order valence-corrected chi connectivity index (χ1v) is 13.2. The quantitative estimate of drug-likeness (QED) is 0.287. The van der Waals surface area contributed by atoms with E-state index in [1.807, 2.05) is 13.8 Å². The third-order valence-corrected chi connectivity index (χ3v) is 7.51. The lowest BCUT2D eigenvalue weighted by atomic mass is 10.1. The highest BCUT2D eigenvalue weighted by molar-refractivity contribution is 7.90. The molecular formula is C21H23N5O7S2. The maximum Gasteiger partial charge on any atom is 0.277 e. The summed E-state index contributed by atoms with van der Waals surface area (Å²) in [6, 6.07) is 7.21. The summed E-state index contributed by atoms with van der Waals surface area (Å²) < 4.78 is 24.4. The molecule has 14 heteroatoms. The minimum Gasteiger partial charge on any atom is -0.302 e. The normalized spacial score (nSPS) is 11.7. The fourth-order valence-corrected chi connectivity index (χ4v) is 5.14. The number of anilines is 1. The Kier molecular flexibility index (Phi) is 7.77. The van der Waals surface area contributed by atoms with Crippen LogP contribution >= 0.6 is 11.3 Å². The van der Waals surface area contributed by atoms with Crippen LogP contribution in [-0.2, 0) is 9.84 Å². The molecule has 0 N–H and O–H groups in total. The van der Waals surface area contributed by atoms with E-state index in [2.05, 4.69) is 9.88 Å². The molecule has 35 heavy (non-hydrogen) atoms. The Morgan fingerprint density at radius 3 is 2.11 bits per heavy atom. The van der Waals surface area contributed by atoms with Crippen molar-refractivity contribution in [2.24, 2.45) is 0 Å². The van der Waals surface area contributed by atoms with Crippen LogP contribution in [0.2, 0.25) is 0 Å². The molecule has 0 aliphatic carbocycles. The Hall–Kier alpha value is -3.49. The molecule has 0 radical (unpaired) electrons. The van der Waals surface area contributed by atoms with Crippen molar-refractivity contribution in [3.63, 3.8) is 0 Å². The molecule has 0 spiro atoms. The van der Waals surface area contributed by atoms with Crippen LogP contribution in [0.25, 0.3) is 10.2 Å². The van der Waals surface area contributed by atoms with Crippen LogP contribution in [0.5, 0.6) is 0 Å². The Morgan fingerprint density at radius 1 is 1.00 bits per heavy atom. The fraction of sp³-hybridized carbons (Fsp3) is 0.333. The number of hydrogen-bond donors (Lipinski definition) is 0. The van der Waals surface area contributed by atoms with E-state index in [1.54, 1.807) is 0 Å². The molecule has 1 aromatic heterocycles. The van der Waals surface area contributed by atoms with Crippen molar-refractivity contribution in [3.05, 3.63) is 62.2 Å². The minimum absolute atomic E-state index is 0.107. The monoisotopic (exact) mass is 521 g/mol. The minimum atomic E-state index is -3.45. The molecule has 0 aliphatic heterocycles. The van der Waals surface area contributed by atoms with Gasteiger partial charge in [0.1, 0.15) is 0 Å². The first kappa shape index (κ1) is 26.1. The van der Waals surface area contributed by atoms with E-state index in [0.717, 1.165) is 48.9 Å². The highest BCUT2D eigenvalue weighted by Crippen LogP contribution is 2.32. The van der Waals surface area contributed by atoms with Crippen LogP contribution in [0.15, 0.2) is 41.3 Å². The van der Waals surface area contributed by atoms with Crippen LogP contribution in [0.3, 0.4) is 0 Å². The van der Waals surface area contributed by atoms with Crippen molar-refractivity contribution in [1.29, 1.82) is 0 Å². The number of hydrogen-bond acceptors (Lipinski definition) is 10. The molecule has 0 aliphatic rings. The number of nitrogens with zero attached hydrogens (tertiary/aromatic N) is 5. The molecule has 0 saturated heterocycles. The van der Waals surface area contributed by atoms with E-state index < -0.39 is 37.0 Å². The molecule has 186 valence electrons. The predicted molar refractivity (Wildman–Crippen MR) is 132 cm³/mol. The van der Waals surface area contributed by atoms with Crippen molar-refractivity contribution >= 4 is 53.8 Å². The average Bonchev–Trinajstić information content (AvgIpc) is 3.23. The number of sulfone groups is 1. The first-order chi connectivity index (χ1) is 16.4. The second-order valence-electron chi connectivity index (χ2n) is 7.63. The lowest BCUT2D eigenvalue weighted by Gasteiger charge is -2.24. The number of nitro groups is 2. The summed E-state index contributed by atoms with van der Waals surface area (Å²) >= 11 is 1.09. The number of carbonyl (C=O) groups is 1. The molecule has 2 aromatic carbocycles. The van der Waals surface area contributed by atoms with Gasteiger partial charge in [0.25, 0.3) is 17.3 Å². The fourth-order valence-electron chi connectivity index (χ4n) is 3.39. The van der Waals surface area contributed by atoms with Crippen LogP contribution in [-0.4, -0.2) is 66.5 Å². The van der Waals surface area contributed by atoms with Gasteiger partial charge in [-0.2, -0.15) is 0 Å². The molecule has 12 nitrogen and oxygen atoms in total. The summed E-state index contributed by atoms with van der Waals surface area (Å²) in [5.74, 6) is -0.689. The molecule has 3 aromatic rings. The maximum absolute atomic E-state index is 13.5. The number of non-ortho nitro benzene ring substituents is 2. The predicted octanol–water partition coefficient (Wildman–Crippen LogP) is 3.50. The van der Waals surface area contributed by atoms with Gasteiger partial charge in [-0.15, -0.1) is 0 Å². The van der Waals surface area contributed by atoms with Gasteiger partial charge in [0.15, 0.2) is 15.0 Å². The van der Waals surface area contributed by atoms with E-state index in [0.29, 0.717) is 16.8 Å². The Bertz CT molecular complexity index is 1370. The summed E-state index contributed by atoms with van der Waals surface area (Å²) in [5.41, 5.74) is -0.897. The second kappa shape index (κ2) is 10.4. The van der Waals surface area contributed by atoms with Crippen LogP contribution in [0.4, 0.5) is 16.5 Å². The van der Waals surface area contributed by atoms with Crippen LogP contribution in [0.1, 0.15) is 24.2 Å². The Morgan fingerprint density at radius 2 is 1.60 bits per heavy atom. The molecule has 0 saturated carbocycles. The van der Waals surface area contributed by atoms with Crippen molar-refractivity contribution < 1.29 is 23.1 Å². The number of thiazole rings is 1. The molecule has 0 fully saturated rings. The summed E-state index contributed by atoms with van der Waals surface area (Å²) in [7, 11) is -3.45. The van der Waals surface area contributed by atoms with E-state index in [1.165, 1.54) is 23.1 Å². The third kappa shape index (κ3) is 5.96.